The number of hydrogen-bond donors (Lipinski definition) is 4. The second-order valence-electron chi connectivity index (χ2n) is 15.8. The van der Waals surface area contributed by atoms with Crippen molar-refractivity contribution < 1.29 is 33.4 Å². The molecule has 0 saturated carbocycles. The predicted octanol–water partition coefficient (Wildman–Crippen LogP) is 6.38. The van der Waals surface area contributed by atoms with Crippen LogP contribution < -0.4 is 16.1 Å². The average molecular weight is 829 g/mol. The van der Waals surface area contributed by atoms with Gasteiger partial charge < -0.3 is 24.9 Å². The van der Waals surface area contributed by atoms with Crippen LogP contribution in [0.25, 0.3) is 17.0 Å². The van der Waals surface area contributed by atoms with Gasteiger partial charge in [-0.15, -0.1) is 0 Å². The van der Waals surface area contributed by atoms with Gasteiger partial charge in [0.25, 0.3) is 5.91 Å². The summed E-state index contributed by atoms with van der Waals surface area (Å²) in [5, 5.41) is 17.8. The zero-order chi connectivity index (χ0) is 40.8. The summed E-state index contributed by atoms with van der Waals surface area (Å²) in [5.74, 6) is -3.21. The van der Waals surface area contributed by atoms with Crippen molar-refractivity contribution >= 4 is 83.8 Å². The molecular formula is C38H56Cl3N5O7Si. The molecule has 1 aromatic carbocycles. The zero-order valence-corrected chi connectivity index (χ0v) is 36.1. The third-order valence-electron chi connectivity index (χ3n) is 9.85. The molecule has 4 N–H and O–H groups in total. The standard InChI is InChI=1S/C38H56Cl3N5O7Si/c1-22(2)32(34(49)42-23(3)35(50)46-19-11-12-30(45-46)36(51)52-21-38(39,40)41)44-33(48)28(25(5)53-54(9,10)37(6,7)8)17-14-26-13-15-27-16-18-29(24(4)47)43-31(27)20-26/h13-18,20,22-25,28,30,32,45,47H,11-12,19,21H2,1-10H3,(H,42,49)(H,44,48)/b17-14+/t23-,24+,25-,28?,30-,32-/m0/s1. The first-order valence-electron chi connectivity index (χ1n) is 18.3. The van der Waals surface area contributed by atoms with E-state index >= 15 is 0 Å². The van der Waals surface area contributed by atoms with Crippen molar-refractivity contribution in [2.24, 2.45) is 11.8 Å². The number of halogens is 3. The van der Waals surface area contributed by atoms with Crippen LogP contribution in [0.2, 0.25) is 18.1 Å². The SMILES string of the molecule is CC(C)[C@H](NC(=O)C(/C=C/c1ccc2ccc([C@@H](C)O)nc2c1)[C@H](C)O[Si](C)(C)C(C)(C)C)C(=O)N[C@@H](C)C(=O)N1CCC[C@@H](C(=O)OCC(Cl)(Cl)Cl)N1. The number of fused-ring (bicyclic) bond motifs is 1. The number of amides is 3. The molecule has 3 amide bonds. The van der Waals surface area contributed by atoms with E-state index in [1.54, 1.807) is 32.9 Å². The van der Waals surface area contributed by atoms with Gasteiger partial charge in [0.2, 0.25) is 15.6 Å². The molecule has 12 nitrogen and oxygen atoms in total. The van der Waals surface area contributed by atoms with Crippen LogP contribution in [0, 0.1) is 11.8 Å². The number of nitrogens with one attached hydrogen (secondary N) is 3. The summed E-state index contributed by atoms with van der Waals surface area (Å²) in [5.41, 5.74) is 4.92. The number of nitrogens with zero attached hydrogens (tertiary/aromatic N) is 2. The Morgan fingerprint density at radius 3 is 2.28 bits per heavy atom. The number of ether oxygens (including phenoxy) is 1. The third kappa shape index (κ3) is 12.9. The lowest BCUT2D eigenvalue weighted by atomic mass is 9.97. The van der Waals surface area contributed by atoms with E-state index in [-0.39, 0.29) is 11.0 Å². The fraction of sp³-hybridized carbons (Fsp3) is 0.605. The number of aliphatic hydroxyl groups excluding tert-OH is 1. The summed E-state index contributed by atoms with van der Waals surface area (Å²) in [6.07, 6.45) is 3.26. The smallest absolute Gasteiger partial charge is 0.325 e. The highest BCUT2D eigenvalue weighted by molar-refractivity contribution is 6.74. The Morgan fingerprint density at radius 2 is 1.69 bits per heavy atom. The van der Waals surface area contributed by atoms with Gasteiger partial charge in [0.15, 0.2) is 8.32 Å². The van der Waals surface area contributed by atoms with Crippen LogP contribution in [-0.2, 0) is 28.3 Å². The van der Waals surface area contributed by atoms with Crippen LogP contribution in [0.4, 0.5) is 0 Å². The number of aliphatic hydroxyl groups is 1. The Morgan fingerprint density at radius 1 is 1.04 bits per heavy atom. The molecule has 54 heavy (non-hydrogen) atoms. The molecule has 2 heterocycles. The lowest BCUT2D eigenvalue weighted by molar-refractivity contribution is -0.152. The second kappa shape index (κ2) is 18.9. The van der Waals surface area contributed by atoms with Gasteiger partial charge >= 0.3 is 5.97 Å². The Hall–Kier alpha value is -2.78. The number of alkyl halides is 3. The maximum Gasteiger partial charge on any atom is 0.325 e. The minimum Gasteiger partial charge on any atom is -0.460 e. The minimum absolute atomic E-state index is 0.116. The molecule has 3 rings (SSSR count). The van der Waals surface area contributed by atoms with E-state index in [4.69, 9.17) is 44.0 Å². The van der Waals surface area contributed by atoms with Crippen molar-refractivity contribution in [1.29, 1.82) is 0 Å². The summed E-state index contributed by atoms with van der Waals surface area (Å²) in [6, 6.07) is 6.62. The Kier molecular flexibility index (Phi) is 16.0. The van der Waals surface area contributed by atoms with Crippen LogP contribution in [0.15, 0.2) is 36.4 Å². The number of benzene rings is 1. The molecule has 1 aromatic heterocycles. The molecule has 1 saturated heterocycles. The van der Waals surface area contributed by atoms with Crippen molar-refractivity contribution in [2.75, 3.05) is 13.2 Å². The lowest BCUT2D eigenvalue weighted by Crippen LogP contribution is -2.61. The molecule has 1 fully saturated rings. The van der Waals surface area contributed by atoms with Gasteiger partial charge in [-0.25, -0.2) is 5.43 Å². The summed E-state index contributed by atoms with van der Waals surface area (Å²) in [6.45, 7) is 19.1. The molecule has 1 unspecified atom stereocenters. The molecule has 0 bridgehead atoms. The highest BCUT2D eigenvalue weighted by atomic mass is 35.6. The largest absolute Gasteiger partial charge is 0.460 e. The average Bonchev–Trinajstić information content (AvgIpc) is 3.07. The predicted molar refractivity (Wildman–Crippen MR) is 216 cm³/mol. The quantitative estimate of drug-likeness (QED) is 0.0963. The number of rotatable bonds is 14. The fourth-order valence-corrected chi connectivity index (χ4v) is 7.22. The van der Waals surface area contributed by atoms with Gasteiger partial charge in [0.05, 0.1) is 29.3 Å². The first kappa shape index (κ1) is 45.6. The Labute approximate surface area is 335 Å². The molecule has 0 aliphatic carbocycles. The molecule has 6 atom stereocenters. The Balaban J connectivity index is 1.80. The first-order chi connectivity index (χ1) is 24.9. The minimum atomic E-state index is -2.32. The number of aromatic nitrogens is 1. The lowest BCUT2D eigenvalue weighted by Gasteiger charge is -2.40. The summed E-state index contributed by atoms with van der Waals surface area (Å²) in [7, 11) is -2.32. The van der Waals surface area contributed by atoms with Crippen molar-refractivity contribution in [2.45, 2.75) is 120 Å². The third-order valence-corrected chi connectivity index (χ3v) is 14.7. The van der Waals surface area contributed by atoms with Crippen molar-refractivity contribution in [1.82, 2.24) is 26.1 Å². The molecule has 1 aliphatic rings. The number of carbonyl (C=O) groups excluding carboxylic acids is 4. The van der Waals surface area contributed by atoms with Crippen molar-refractivity contribution in [3.8, 4) is 0 Å². The summed E-state index contributed by atoms with van der Waals surface area (Å²) >= 11 is 17.1. The first-order valence-corrected chi connectivity index (χ1v) is 22.3. The van der Waals surface area contributed by atoms with E-state index in [2.05, 4.69) is 54.9 Å². The van der Waals surface area contributed by atoms with Gasteiger partial charge in [0.1, 0.15) is 24.7 Å². The van der Waals surface area contributed by atoms with E-state index in [0.29, 0.717) is 30.6 Å². The molecular weight excluding hydrogens is 773 g/mol. The summed E-state index contributed by atoms with van der Waals surface area (Å²) < 4.78 is 9.99. The van der Waals surface area contributed by atoms with E-state index in [1.165, 1.54) is 11.9 Å². The number of esters is 1. The number of hydrazine groups is 1. The van der Waals surface area contributed by atoms with Crippen molar-refractivity contribution in [3.63, 3.8) is 0 Å². The van der Waals surface area contributed by atoms with Gasteiger partial charge in [-0.05, 0) is 75.4 Å². The molecule has 0 spiro atoms. The number of carbonyl (C=O) groups is 4. The highest BCUT2D eigenvalue weighted by Crippen LogP contribution is 2.38. The van der Waals surface area contributed by atoms with Crippen molar-refractivity contribution in [3.05, 3.63) is 47.7 Å². The number of hydrogen-bond acceptors (Lipinski definition) is 9. The van der Waals surface area contributed by atoms with Crippen LogP contribution in [0.1, 0.15) is 85.6 Å². The molecule has 0 radical (unpaired) electrons. The van der Waals surface area contributed by atoms with E-state index in [0.717, 1.165) is 10.9 Å². The second-order valence-corrected chi connectivity index (χ2v) is 23.1. The maximum absolute atomic E-state index is 14.2. The Bertz CT molecular complexity index is 1680. The molecule has 16 heteroatoms. The fourth-order valence-electron chi connectivity index (χ4n) is 5.62. The van der Waals surface area contributed by atoms with E-state index in [1.807, 2.05) is 37.3 Å². The summed E-state index contributed by atoms with van der Waals surface area (Å²) in [4.78, 5) is 58.4. The molecule has 300 valence electrons. The van der Waals surface area contributed by atoms with Crippen LogP contribution in [-0.4, -0.2) is 88.3 Å². The van der Waals surface area contributed by atoms with Crippen LogP contribution in [0.3, 0.4) is 0 Å². The normalized spacial score (nSPS) is 18.6. The van der Waals surface area contributed by atoms with E-state index in [9.17, 15) is 24.3 Å². The highest BCUT2D eigenvalue weighted by Gasteiger charge is 2.41. The van der Waals surface area contributed by atoms with Crippen LogP contribution >= 0.6 is 34.8 Å². The zero-order valence-electron chi connectivity index (χ0n) is 32.8. The maximum atomic E-state index is 14.2. The van der Waals surface area contributed by atoms with Gasteiger partial charge in [0, 0.05) is 11.9 Å². The van der Waals surface area contributed by atoms with E-state index < -0.39 is 78.7 Å². The molecule has 1 aliphatic heterocycles. The topological polar surface area (TPSA) is 159 Å². The monoisotopic (exact) mass is 827 g/mol. The van der Waals surface area contributed by atoms with Gasteiger partial charge in [-0.1, -0.05) is 99.8 Å². The van der Waals surface area contributed by atoms with Gasteiger partial charge in [-0.3, -0.25) is 29.2 Å². The molecule has 2 aromatic rings. The van der Waals surface area contributed by atoms with Crippen LogP contribution in [0.5, 0.6) is 0 Å². The van der Waals surface area contributed by atoms with Gasteiger partial charge in [-0.2, -0.15) is 0 Å². The number of pyridine rings is 1.